The third-order valence-electron chi connectivity index (χ3n) is 2.72. The predicted molar refractivity (Wildman–Crippen MR) is 59.2 cm³/mol. The highest BCUT2D eigenvalue weighted by atomic mass is 16.4. The number of aryl methyl sites for hydroxylation is 1. The molecule has 0 spiro atoms. The van der Waals surface area contributed by atoms with Gasteiger partial charge in [0.2, 0.25) is 0 Å². The lowest BCUT2D eigenvalue weighted by atomic mass is 10.2. The zero-order chi connectivity index (χ0) is 12.1. The van der Waals surface area contributed by atoms with Crippen LogP contribution in [0.15, 0.2) is 10.8 Å². The van der Waals surface area contributed by atoms with Crippen LogP contribution >= 0.6 is 0 Å². The van der Waals surface area contributed by atoms with Crippen LogP contribution in [0.4, 0.5) is 0 Å². The minimum atomic E-state index is -0.753. The van der Waals surface area contributed by atoms with Gasteiger partial charge in [0.15, 0.2) is 6.39 Å². The molecule has 5 heteroatoms. The van der Waals surface area contributed by atoms with E-state index in [4.69, 9.17) is 9.52 Å². The van der Waals surface area contributed by atoms with Crippen LogP contribution in [0.3, 0.4) is 0 Å². The molecular formula is C11H18N2O3. The Morgan fingerprint density at radius 2 is 2.38 bits per heavy atom. The SMILES string of the molecule is Cc1ncoc1C(C)N(C)CCCC(=O)O. The van der Waals surface area contributed by atoms with Gasteiger partial charge in [0.05, 0.1) is 11.7 Å². The Kier molecular flexibility index (Phi) is 4.49. The molecule has 1 aromatic heterocycles. The molecule has 0 amide bonds. The maximum atomic E-state index is 10.4. The summed E-state index contributed by atoms with van der Waals surface area (Å²) in [7, 11) is 1.95. The molecule has 1 N–H and O–H groups in total. The molecule has 0 radical (unpaired) electrons. The molecule has 0 aliphatic heterocycles. The molecule has 0 aromatic carbocycles. The highest BCUT2D eigenvalue weighted by Gasteiger charge is 2.17. The van der Waals surface area contributed by atoms with Crippen molar-refractivity contribution in [2.24, 2.45) is 0 Å². The number of carboxylic acid groups (broad SMARTS) is 1. The summed E-state index contributed by atoms with van der Waals surface area (Å²) >= 11 is 0. The van der Waals surface area contributed by atoms with Gasteiger partial charge < -0.3 is 9.52 Å². The van der Waals surface area contributed by atoms with Gasteiger partial charge in [-0.3, -0.25) is 9.69 Å². The van der Waals surface area contributed by atoms with Crippen LogP contribution in [0.25, 0.3) is 0 Å². The molecule has 90 valence electrons. The third kappa shape index (κ3) is 3.34. The standard InChI is InChI=1S/C11H18N2O3/c1-8-11(16-7-12-8)9(2)13(3)6-4-5-10(14)15/h7,9H,4-6H2,1-3H3,(H,14,15). The van der Waals surface area contributed by atoms with Crippen molar-refractivity contribution in [2.45, 2.75) is 32.7 Å². The molecule has 0 aliphatic rings. The second-order valence-electron chi connectivity index (χ2n) is 3.96. The average Bonchev–Trinajstić information content (AvgIpc) is 2.62. The lowest BCUT2D eigenvalue weighted by molar-refractivity contribution is -0.137. The van der Waals surface area contributed by atoms with Crippen LogP contribution in [-0.4, -0.2) is 34.6 Å². The Morgan fingerprint density at radius 1 is 1.69 bits per heavy atom. The van der Waals surface area contributed by atoms with Crippen LogP contribution in [-0.2, 0) is 4.79 Å². The number of hydrogen-bond acceptors (Lipinski definition) is 4. The van der Waals surface area contributed by atoms with Gasteiger partial charge in [-0.1, -0.05) is 0 Å². The van der Waals surface area contributed by atoms with Crippen LogP contribution in [0.5, 0.6) is 0 Å². The molecule has 0 bridgehead atoms. The van der Waals surface area contributed by atoms with Gasteiger partial charge in [0.1, 0.15) is 5.76 Å². The highest BCUT2D eigenvalue weighted by molar-refractivity contribution is 5.66. The van der Waals surface area contributed by atoms with E-state index in [1.165, 1.54) is 6.39 Å². The summed E-state index contributed by atoms with van der Waals surface area (Å²) < 4.78 is 5.31. The van der Waals surface area contributed by atoms with Gasteiger partial charge in [-0.05, 0) is 33.9 Å². The zero-order valence-electron chi connectivity index (χ0n) is 9.93. The molecule has 16 heavy (non-hydrogen) atoms. The Morgan fingerprint density at radius 3 is 2.88 bits per heavy atom. The summed E-state index contributed by atoms with van der Waals surface area (Å²) in [5, 5.41) is 8.55. The third-order valence-corrected chi connectivity index (χ3v) is 2.72. The quantitative estimate of drug-likeness (QED) is 0.801. The maximum Gasteiger partial charge on any atom is 0.303 e. The van der Waals surface area contributed by atoms with E-state index >= 15 is 0 Å². The number of aromatic nitrogens is 1. The summed E-state index contributed by atoms with van der Waals surface area (Å²) in [6, 6.07) is 0.122. The van der Waals surface area contributed by atoms with Gasteiger partial charge in [-0.25, -0.2) is 4.98 Å². The summed E-state index contributed by atoms with van der Waals surface area (Å²) in [5.41, 5.74) is 0.887. The molecular weight excluding hydrogens is 208 g/mol. The predicted octanol–water partition coefficient (Wildman–Crippen LogP) is 1.84. The van der Waals surface area contributed by atoms with Gasteiger partial charge >= 0.3 is 5.97 Å². The summed E-state index contributed by atoms with van der Waals surface area (Å²) in [4.78, 5) is 16.5. The van der Waals surface area contributed by atoms with E-state index in [2.05, 4.69) is 9.88 Å². The molecule has 1 aromatic rings. The van der Waals surface area contributed by atoms with Crippen LogP contribution in [0.1, 0.15) is 37.3 Å². The van der Waals surface area contributed by atoms with E-state index in [1.807, 2.05) is 20.9 Å². The van der Waals surface area contributed by atoms with Gasteiger partial charge in [-0.15, -0.1) is 0 Å². The number of carbonyl (C=O) groups is 1. The lowest BCUT2D eigenvalue weighted by Gasteiger charge is -2.22. The fraction of sp³-hybridized carbons (Fsp3) is 0.636. The van der Waals surface area contributed by atoms with E-state index in [9.17, 15) is 4.79 Å². The van der Waals surface area contributed by atoms with Crippen LogP contribution in [0.2, 0.25) is 0 Å². The summed E-state index contributed by atoms with van der Waals surface area (Å²) in [5.74, 6) is 0.0923. The van der Waals surface area contributed by atoms with E-state index in [-0.39, 0.29) is 12.5 Å². The zero-order valence-corrected chi connectivity index (χ0v) is 9.93. The van der Waals surface area contributed by atoms with E-state index < -0.39 is 5.97 Å². The van der Waals surface area contributed by atoms with Crippen LogP contribution in [0, 0.1) is 6.92 Å². The second-order valence-corrected chi connectivity index (χ2v) is 3.96. The summed E-state index contributed by atoms with van der Waals surface area (Å²) in [6.45, 7) is 4.66. The first-order valence-electron chi connectivity index (χ1n) is 5.34. The normalized spacial score (nSPS) is 13.0. The van der Waals surface area contributed by atoms with Crippen molar-refractivity contribution in [3.63, 3.8) is 0 Å². The minimum Gasteiger partial charge on any atom is -0.481 e. The molecule has 0 aliphatic carbocycles. The lowest BCUT2D eigenvalue weighted by Crippen LogP contribution is -2.24. The largest absolute Gasteiger partial charge is 0.481 e. The number of rotatable bonds is 6. The van der Waals surface area contributed by atoms with E-state index in [0.29, 0.717) is 6.42 Å². The number of oxazole rings is 1. The molecule has 1 unspecified atom stereocenters. The Bertz CT molecular complexity index is 349. The first kappa shape index (κ1) is 12.7. The molecule has 1 heterocycles. The summed E-state index contributed by atoms with van der Waals surface area (Å²) in [6.07, 6.45) is 2.28. The molecule has 0 fully saturated rings. The maximum absolute atomic E-state index is 10.4. The van der Waals surface area contributed by atoms with Crippen molar-refractivity contribution in [1.82, 2.24) is 9.88 Å². The molecule has 1 rings (SSSR count). The van der Waals surface area contributed by atoms with Crippen molar-refractivity contribution in [2.75, 3.05) is 13.6 Å². The minimum absolute atomic E-state index is 0.122. The van der Waals surface area contributed by atoms with Crippen molar-refractivity contribution >= 4 is 5.97 Å². The first-order valence-corrected chi connectivity index (χ1v) is 5.34. The number of nitrogens with zero attached hydrogens (tertiary/aromatic N) is 2. The molecule has 1 atom stereocenters. The molecule has 0 saturated heterocycles. The molecule has 0 saturated carbocycles. The smallest absolute Gasteiger partial charge is 0.303 e. The number of carboxylic acids is 1. The fourth-order valence-corrected chi connectivity index (χ4v) is 1.59. The van der Waals surface area contributed by atoms with Crippen molar-refractivity contribution < 1.29 is 14.3 Å². The van der Waals surface area contributed by atoms with Crippen LogP contribution < -0.4 is 0 Å². The van der Waals surface area contributed by atoms with Gasteiger partial charge in [-0.2, -0.15) is 0 Å². The second kappa shape index (κ2) is 5.65. The van der Waals surface area contributed by atoms with E-state index in [0.717, 1.165) is 18.0 Å². The molecule has 5 nitrogen and oxygen atoms in total. The highest BCUT2D eigenvalue weighted by Crippen LogP contribution is 2.21. The van der Waals surface area contributed by atoms with Crippen molar-refractivity contribution in [3.8, 4) is 0 Å². The Labute approximate surface area is 95.1 Å². The fourth-order valence-electron chi connectivity index (χ4n) is 1.59. The Balaban J connectivity index is 2.45. The van der Waals surface area contributed by atoms with Gasteiger partial charge in [0, 0.05) is 6.42 Å². The number of hydrogen-bond donors (Lipinski definition) is 1. The van der Waals surface area contributed by atoms with E-state index in [1.54, 1.807) is 0 Å². The monoisotopic (exact) mass is 226 g/mol. The Hall–Kier alpha value is -1.36. The average molecular weight is 226 g/mol. The van der Waals surface area contributed by atoms with Crippen molar-refractivity contribution in [3.05, 3.63) is 17.8 Å². The number of aliphatic carboxylic acids is 1. The van der Waals surface area contributed by atoms with Gasteiger partial charge in [0.25, 0.3) is 0 Å². The topological polar surface area (TPSA) is 66.6 Å². The van der Waals surface area contributed by atoms with Crippen molar-refractivity contribution in [1.29, 1.82) is 0 Å². The first-order chi connectivity index (χ1) is 7.52.